The number of nitrogens with zero attached hydrogens (tertiary/aromatic N) is 3. The molecule has 7 heteroatoms. The number of benzene rings is 2. The lowest BCUT2D eigenvalue weighted by Gasteiger charge is -2.28. The summed E-state index contributed by atoms with van der Waals surface area (Å²) in [6, 6.07) is 21.9. The Kier molecular flexibility index (Phi) is 6.56. The number of nitrogens with one attached hydrogen (secondary N) is 1. The fourth-order valence-corrected chi connectivity index (χ4v) is 5.54. The lowest BCUT2D eigenvalue weighted by molar-refractivity contribution is 0.0600. The molecule has 1 saturated heterocycles. The normalized spacial score (nSPS) is 17.1. The van der Waals surface area contributed by atoms with E-state index in [2.05, 4.69) is 71.7 Å². The molecule has 1 N–H and O–H groups in total. The van der Waals surface area contributed by atoms with Crippen LogP contribution in [0.25, 0.3) is 5.69 Å². The first-order valence-corrected chi connectivity index (χ1v) is 12.7. The highest BCUT2D eigenvalue weighted by atomic mass is 32.1. The zero-order chi connectivity index (χ0) is 26.3. The molecular formula is C30H30N4O2S. The molecule has 1 aliphatic heterocycles. The molecule has 0 amide bonds. The van der Waals surface area contributed by atoms with E-state index in [0.29, 0.717) is 10.7 Å². The Morgan fingerprint density at radius 2 is 1.76 bits per heavy atom. The molecule has 4 aromatic rings. The number of hydrogen-bond donors (Lipinski definition) is 1. The lowest BCUT2D eigenvalue weighted by atomic mass is 9.96. The number of esters is 1. The van der Waals surface area contributed by atoms with Crippen LogP contribution in [0.5, 0.6) is 0 Å². The van der Waals surface area contributed by atoms with Gasteiger partial charge in [-0.25, -0.2) is 4.79 Å². The van der Waals surface area contributed by atoms with Crippen molar-refractivity contribution < 1.29 is 9.53 Å². The number of pyridine rings is 1. The average molecular weight is 511 g/mol. The SMILES string of the molecule is COC(=O)c1cccc(-n2c(C)cc([C@H]3[C@H](c4ccccn4)NC(=S)N3c3ccc(C)c(C)c3)c2C)c1. The molecule has 1 fully saturated rings. The fraction of sp³-hybridized carbons (Fsp3) is 0.233. The maximum absolute atomic E-state index is 12.2. The van der Waals surface area contributed by atoms with Crippen LogP contribution >= 0.6 is 12.2 Å². The Labute approximate surface area is 222 Å². The topological polar surface area (TPSA) is 59.4 Å². The number of hydrogen-bond acceptors (Lipinski definition) is 4. The molecule has 2 aromatic carbocycles. The first-order chi connectivity index (χ1) is 17.8. The predicted molar refractivity (Wildman–Crippen MR) is 150 cm³/mol. The first kappa shape index (κ1) is 24.7. The van der Waals surface area contributed by atoms with Crippen LogP contribution in [0.1, 0.15) is 56.2 Å². The largest absolute Gasteiger partial charge is 0.465 e. The van der Waals surface area contributed by atoms with Crippen molar-refractivity contribution in [2.24, 2.45) is 0 Å². The number of methoxy groups -OCH3 is 1. The summed E-state index contributed by atoms with van der Waals surface area (Å²) in [4.78, 5) is 19.1. The van der Waals surface area contributed by atoms with Gasteiger partial charge in [0.15, 0.2) is 5.11 Å². The second-order valence-corrected chi connectivity index (χ2v) is 9.86. The summed E-state index contributed by atoms with van der Waals surface area (Å²) < 4.78 is 7.12. The Balaban J connectivity index is 1.67. The van der Waals surface area contributed by atoms with E-state index in [1.807, 2.05) is 42.6 Å². The van der Waals surface area contributed by atoms with Gasteiger partial charge in [0.2, 0.25) is 0 Å². The lowest BCUT2D eigenvalue weighted by Crippen LogP contribution is -2.29. The van der Waals surface area contributed by atoms with E-state index in [9.17, 15) is 4.79 Å². The van der Waals surface area contributed by atoms with Crippen LogP contribution in [0.2, 0.25) is 0 Å². The van der Waals surface area contributed by atoms with E-state index in [1.54, 1.807) is 6.07 Å². The summed E-state index contributed by atoms with van der Waals surface area (Å²) in [5.41, 5.74) is 9.12. The maximum Gasteiger partial charge on any atom is 0.337 e. The van der Waals surface area contributed by atoms with Crippen molar-refractivity contribution in [3.8, 4) is 5.69 Å². The standard InChI is InChI=1S/C30H30N4O2S/c1-18-12-13-24(15-19(18)2)34-28(27(32-30(34)37)26-11-6-7-14-31-26)25-16-20(3)33(21(25)4)23-10-8-9-22(17-23)29(35)36-5/h6-17,27-28H,1-5H3,(H,32,37)/t27-,28-/m0/s1. The third-order valence-corrected chi connectivity index (χ3v) is 7.50. The fourth-order valence-electron chi connectivity index (χ4n) is 5.20. The summed E-state index contributed by atoms with van der Waals surface area (Å²) in [6.45, 7) is 8.43. The smallest absolute Gasteiger partial charge is 0.337 e. The van der Waals surface area contributed by atoms with Crippen molar-refractivity contribution in [1.29, 1.82) is 0 Å². The molecule has 0 bridgehead atoms. The van der Waals surface area contributed by atoms with E-state index in [4.69, 9.17) is 17.0 Å². The molecule has 2 aromatic heterocycles. The molecule has 3 heterocycles. The molecule has 2 atom stereocenters. The van der Waals surface area contributed by atoms with E-state index in [-0.39, 0.29) is 18.1 Å². The highest BCUT2D eigenvalue weighted by molar-refractivity contribution is 7.80. The number of anilines is 1. The summed E-state index contributed by atoms with van der Waals surface area (Å²) >= 11 is 5.92. The van der Waals surface area contributed by atoms with Crippen LogP contribution in [0, 0.1) is 27.7 Å². The zero-order valence-corrected chi connectivity index (χ0v) is 22.5. The molecule has 0 spiro atoms. The van der Waals surface area contributed by atoms with E-state index in [0.717, 1.165) is 34.0 Å². The van der Waals surface area contributed by atoms with E-state index >= 15 is 0 Å². The van der Waals surface area contributed by atoms with Gasteiger partial charge in [-0.15, -0.1) is 0 Å². The van der Waals surface area contributed by atoms with Gasteiger partial charge in [-0.1, -0.05) is 18.2 Å². The molecule has 1 aliphatic rings. The molecule has 37 heavy (non-hydrogen) atoms. The number of aromatic nitrogens is 2. The van der Waals surface area contributed by atoms with Gasteiger partial charge in [0.25, 0.3) is 0 Å². The van der Waals surface area contributed by atoms with Gasteiger partial charge in [-0.05, 0) is 105 Å². The van der Waals surface area contributed by atoms with Crippen LogP contribution in [0.15, 0.2) is 72.9 Å². The number of thiocarbonyl (C=S) groups is 1. The summed E-state index contributed by atoms with van der Waals surface area (Å²) in [5, 5.41) is 4.22. The van der Waals surface area contributed by atoms with Crippen molar-refractivity contribution in [2.75, 3.05) is 12.0 Å². The average Bonchev–Trinajstić information content (AvgIpc) is 3.40. The van der Waals surface area contributed by atoms with Crippen LogP contribution in [0.3, 0.4) is 0 Å². The Bertz CT molecular complexity index is 1490. The highest BCUT2D eigenvalue weighted by Gasteiger charge is 2.42. The van der Waals surface area contributed by atoms with Crippen molar-refractivity contribution in [1.82, 2.24) is 14.9 Å². The number of carbonyl (C=O) groups excluding carboxylic acids is 1. The Hall–Kier alpha value is -3.97. The monoisotopic (exact) mass is 510 g/mol. The second-order valence-electron chi connectivity index (χ2n) is 9.47. The van der Waals surface area contributed by atoms with E-state index in [1.165, 1.54) is 18.2 Å². The van der Waals surface area contributed by atoms with Crippen molar-refractivity contribution in [2.45, 2.75) is 39.8 Å². The van der Waals surface area contributed by atoms with Crippen molar-refractivity contribution in [3.63, 3.8) is 0 Å². The molecule has 188 valence electrons. The molecule has 0 radical (unpaired) electrons. The van der Waals surface area contributed by atoms with Gasteiger partial charge in [-0.3, -0.25) is 4.98 Å². The van der Waals surface area contributed by atoms with Gasteiger partial charge >= 0.3 is 5.97 Å². The quantitative estimate of drug-likeness (QED) is 0.260. The van der Waals surface area contributed by atoms with Crippen molar-refractivity contribution >= 4 is 29.0 Å². The Morgan fingerprint density at radius 3 is 2.46 bits per heavy atom. The molecule has 5 rings (SSSR count). The minimum atomic E-state index is -0.356. The molecule has 0 unspecified atom stereocenters. The summed E-state index contributed by atoms with van der Waals surface area (Å²) in [6.07, 6.45) is 1.82. The summed E-state index contributed by atoms with van der Waals surface area (Å²) in [5.74, 6) is -0.356. The molecule has 0 saturated carbocycles. The number of rotatable bonds is 5. The minimum absolute atomic E-state index is 0.117. The minimum Gasteiger partial charge on any atom is -0.465 e. The first-order valence-electron chi connectivity index (χ1n) is 12.3. The van der Waals surface area contributed by atoms with Crippen molar-refractivity contribution in [3.05, 3.63) is 112 Å². The third kappa shape index (κ3) is 4.40. The maximum atomic E-state index is 12.2. The van der Waals surface area contributed by atoms with Gasteiger partial charge in [0.05, 0.1) is 30.5 Å². The zero-order valence-electron chi connectivity index (χ0n) is 21.6. The number of carbonyl (C=O) groups is 1. The van der Waals surface area contributed by atoms with Gasteiger partial charge in [-0.2, -0.15) is 0 Å². The summed E-state index contributed by atoms with van der Waals surface area (Å²) in [7, 11) is 1.40. The number of aryl methyl sites for hydroxylation is 3. The van der Waals surface area contributed by atoms with E-state index < -0.39 is 0 Å². The van der Waals surface area contributed by atoms with Gasteiger partial charge < -0.3 is 19.5 Å². The second kappa shape index (κ2) is 9.82. The van der Waals surface area contributed by atoms with Gasteiger partial charge in [0, 0.05) is 29.0 Å². The Morgan fingerprint density at radius 1 is 0.946 bits per heavy atom. The molecular weight excluding hydrogens is 480 g/mol. The third-order valence-electron chi connectivity index (χ3n) is 7.18. The highest BCUT2D eigenvalue weighted by Crippen LogP contribution is 2.44. The van der Waals surface area contributed by atoms with Crippen LogP contribution in [-0.4, -0.2) is 27.7 Å². The van der Waals surface area contributed by atoms with Crippen LogP contribution < -0.4 is 10.2 Å². The predicted octanol–water partition coefficient (Wildman–Crippen LogP) is 6.07. The molecule has 0 aliphatic carbocycles. The van der Waals surface area contributed by atoms with Crippen LogP contribution in [0.4, 0.5) is 5.69 Å². The van der Waals surface area contributed by atoms with Gasteiger partial charge in [0.1, 0.15) is 0 Å². The van der Waals surface area contributed by atoms with Crippen LogP contribution in [-0.2, 0) is 4.74 Å². The molecule has 6 nitrogen and oxygen atoms in total. The number of ether oxygens (including phenoxy) is 1.